The number of likely N-dealkylation sites (tertiary alicyclic amines) is 1. The topological polar surface area (TPSA) is 41.3 Å². The summed E-state index contributed by atoms with van der Waals surface area (Å²) in [6.45, 7) is 2.96. The number of piperidine rings is 1. The molecule has 4 nitrogen and oxygen atoms in total. The van der Waals surface area contributed by atoms with E-state index < -0.39 is 0 Å². The molecule has 2 aliphatic rings. The fraction of sp³-hybridized carbons (Fsp3) is 0.800. The van der Waals surface area contributed by atoms with Crippen LogP contribution in [0.2, 0.25) is 0 Å². The third-order valence-corrected chi connectivity index (χ3v) is 4.68. The Labute approximate surface area is 115 Å². The molecule has 2 atom stereocenters. The minimum atomic E-state index is 0.787. The zero-order valence-electron chi connectivity index (χ0n) is 11.9. The molecule has 0 aromatic carbocycles. The zero-order chi connectivity index (χ0) is 13.1. The van der Waals surface area contributed by atoms with Gasteiger partial charge < -0.3 is 9.84 Å². The Bertz CT molecular complexity index is 402. The monoisotopic (exact) mass is 263 g/mol. The molecule has 0 amide bonds. The van der Waals surface area contributed by atoms with Crippen LogP contribution in [0.25, 0.3) is 0 Å². The number of nitrogens with zero attached hydrogens (tertiary/aromatic N) is 2. The number of hydrogen-bond acceptors (Lipinski definition) is 4. The van der Waals surface area contributed by atoms with Crippen LogP contribution in [0.1, 0.15) is 50.0 Å². The third kappa shape index (κ3) is 3.00. The van der Waals surface area contributed by atoms with Crippen molar-refractivity contribution in [2.24, 2.45) is 5.92 Å². The van der Waals surface area contributed by atoms with Gasteiger partial charge in [-0.25, -0.2) is 0 Å². The fourth-order valence-corrected chi connectivity index (χ4v) is 3.82. The lowest BCUT2D eigenvalue weighted by molar-refractivity contribution is 0.0479. The molecule has 0 spiro atoms. The van der Waals surface area contributed by atoms with Crippen LogP contribution in [-0.2, 0) is 13.1 Å². The van der Waals surface area contributed by atoms with Crippen LogP contribution in [0.3, 0.4) is 0 Å². The van der Waals surface area contributed by atoms with Gasteiger partial charge in [0.1, 0.15) is 0 Å². The quantitative estimate of drug-likeness (QED) is 0.906. The van der Waals surface area contributed by atoms with Gasteiger partial charge in [-0.15, -0.1) is 0 Å². The van der Waals surface area contributed by atoms with Crippen LogP contribution in [0.15, 0.2) is 10.6 Å². The van der Waals surface area contributed by atoms with Crippen LogP contribution >= 0.6 is 0 Å². The lowest BCUT2D eigenvalue weighted by Gasteiger charge is -2.43. The average molecular weight is 263 g/mol. The van der Waals surface area contributed by atoms with E-state index in [0.29, 0.717) is 0 Å². The predicted octanol–water partition coefficient (Wildman–Crippen LogP) is 2.55. The molecule has 19 heavy (non-hydrogen) atoms. The van der Waals surface area contributed by atoms with E-state index in [-0.39, 0.29) is 0 Å². The highest BCUT2D eigenvalue weighted by atomic mass is 16.5. The Kier molecular flexibility index (Phi) is 4.18. The van der Waals surface area contributed by atoms with Gasteiger partial charge in [0.15, 0.2) is 5.76 Å². The minimum Gasteiger partial charge on any atom is -0.360 e. The Hall–Kier alpha value is -0.870. The molecule has 106 valence electrons. The molecule has 1 saturated carbocycles. The molecule has 2 unspecified atom stereocenters. The molecule has 1 N–H and O–H groups in total. The second-order valence-corrected chi connectivity index (χ2v) is 6.04. The van der Waals surface area contributed by atoms with Gasteiger partial charge in [-0.1, -0.05) is 18.0 Å². The summed E-state index contributed by atoms with van der Waals surface area (Å²) in [5.41, 5.74) is 1.01. The molecule has 3 rings (SSSR count). The lowest BCUT2D eigenvalue weighted by Crippen LogP contribution is -2.46. The molecule has 1 aromatic rings. The lowest BCUT2D eigenvalue weighted by atomic mass is 9.78. The summed E-state index contributed by atoms with van der Waals surface area (Å²) in [4.78, 5) is 2.64. The largest absolute Gasteiger partial charge is 0.360 e. The first-order valence-electron chi connectivity index (χ1n) is 7.70. The van der Waals surface area contributed by atoms with Crippen molar-refractivity contribution in [3.63, 3.8) is 0 Å². The minimum absolute atomic E-state index is 0.787. The first kappa shape index (κ1) is 13.1. The van der Waals surface area contributed by atoms with E-state index in [1.54, 1.807) is 0 Å². The van der Waals surface area contributed by atoms with Gasteiger partial charge in [-0.2, -0.15) is 0 Å². The molecule has 1 aliphatic heterocycles. The van der Waals surface area contributed by atoms with Crippen molar-refractivity contribution in [2.45, 2.75) is 57.7 Å². The third-order valence-electron chi connectivity index (χ3n) is 4.68. The molecule has 0 bridgehead atoms. The molecule has 0 radical (unpaired) electrons. The first-order chi connectivity index (χ1) is 9.36. The number of aromatic nitrogens is 1. The first-order valence-corrected chi connectivity index (χ1v) is 7.70. The van der Waals surface area contributed by atoms with E-state index in [1.807, 2.05) is 7.05 Å². The molecule has 1 aliphatic carbocycles. The summed E-state index contributed by atoms with van der Waals surface area (Å²) in [7, 11) is 1.94. The summed E-state index contributed by atoms with van der Waals surface area (Å²) >= 11 is 0. The van der Waals surface area contributed by atoms with Crippen molar-refractivity contribution >= 4 is 0 Å². The van der Waals surface area contributed by atoms with Gasteiger partial charge in [0.2, 0.25) is 0 Å². The van der Waals surface area contributed by atoms with E-state index in [4.69, 9.17) is 4.52 Å². The van der Waals surface area contributed by atoms with E-state index in [9.17, 15) is 0 Å². The molecular formula is C15H25N3O. The van der Waals surface area contributed by atoms with Crippen LogP contribution in [0.5, 0.6) is 0 Å². The van der Waals surface area contributed by atoms with Crippen molar-refractivity contribution in [1.82, 2.24) is 15.4 Å². The van der Waals surface area contributed by atoms with Crippen molar-refractivity contribution in [3.05, 3.63) is 17.5 Å². The standard InChI is InChI=1S/C15H25N3O/c1-16-10-13-9-14(19-17-13)11-18-8-4-6-12-5-2-3-7-15(12)18/h9,12,15-16H,2-8,10-11H2,1H3. The van der Waals surface area contributed by atoms with Gasteiger partial charge in [0.05, 0.1) is 12.2 Å². The van der Waals surface area contributed by atoms with Crippen molar-refractivity contribution in [1.29, 1.82) is 0 Å². The van der Waals surface area contributed by atoms with E-state index in [0.717, 1.165) is 36.5 Å². The van der Waals surface area contributed by atoms with Crippen LogP contribution in [0.4, 0.5) is 0 Å². The number of hydrogen-bond donors (Lipinski definition) is 1. The van der Waals surface area contributed by atoms with Gasteiger partial charge in [0, 0.05) is 18.7 Å². The molecular weight excluding hydrogens is 238 g/mol. The van der Waals surface area contributed by atoms with Crippen molar-refractivity contribution < 1.29 is 4.52 Å². The smallest absolute Gasteiger partial charge is 0.151 e. The molecule has 1 saturated heterocycles. The van der Waals surface area contributed by atoms with Crippen LogP contribution in [0, 0.1) is 5.92 Å². The number of nitrogens with one attached hydrogen (secondary N) is 1. The Morgan fingerprint density at radius 2 is 2.16 bits per heavy atom. The highest BCUT2D eigenvalue weighted by molar-refractivity contribution is 5.05. The second-order valence-electron chi connectivity index (χ2n) is 6.04. The summed E-state index contributed by atoms with van der Waals surface area (Å²) in [6.07, 6.45) is 8.43. The predicted molar refractivity (Wildman–Crippen MR) is 74.7 cm³/mol. The van der Waals surface area contributed by atoms with Gasteiger partial charge in [-0.05, 0) is 45.2 Å². The fourth-order valence-electron chi connectivity index (χ4n) is 3.82. The summed E-state index contributed by atoms with van der Waals surface area (Å²) in [6, 6.07) is 2.89. The highest BCUT2D eigenvalue weighted by Gasteiger charge is 2.33. The van der Waals surface area contributed by atoms with Crippen LogP contribution in [-0.4, -0.2) is 29.7 Å². The summed E-state index contributed by atoms with van der Waals surface area (Å²) in [5.74, 6) is 1.96. The van der Waals surface area contributed by atoms with Gasteiger partial charge in [-0.3, -0.25) is 4.90 Å². The Morgan fingerprint density at radius 1 is 1.32 bits per heavy atom. The van der Waals surface area contributed by atoms with Gasteiger partial charge in [0.25, 0.3) is 0 Å². The SMILES string of the molecule is CNCc1cc(CN2CCCC3CCCCC32)on1. The summed E-state index contributed by atoms with van der Waals surface area (Å²) in [5, 5.41) is 7.22. The number of rotatable bonds is 4. The number of fused-ring (bicyclic) bond motifs is 1. The Balaban J connectivity index is 1.63. The van der Waals surface area contributed by atoms with Crippen molar-refractivity contribution in [2.75, 3.05) is 13.6 Å². The Morgan fingerprint density at radius 3 is 3.05 bits per heavy atom. The second kappa shape index (κ2) is 6.06. The van der Waals surface area contributed by atoms with E-state index in [1.165, 1.54) is 45.1 Å². The molecule has 2 heterocycles. The summed E-state index contributed by atoms with van der Waals surface area (Å²) < 4.78 is 5.47. The highest BCUT2D eigenvalue weighted by Crippen LogP contribution is 2.35. The maximum atomic E-state index is 5.47. The normalized spacial score (nSPS) is 28.3. The average Bonchev–Trinajstić information content (AvgIpc) is 2.87. The maximum Gasteiger partial charge on any atom is 0.151 e. The molecule has 4 heteroatoms. The van der Waals surface area contributed by atoms with Gasteiger partial charge >= 0.3 is 0 Å². The molecule has 1 aromatic heterocycles. The van der Waals surface area contributed by atoms with E-state index >= 15 is 0 Å². The van der Waals surface area contributed by atoms with E-state index in [2.05, 4.69) is 21.4 Å². The van der Waals surface area contributed by atoms with Crippen LogP contribution < -0.4 is 5.32 Å². The van der Waals surface area contributed by atoms with Crippen molar-refractivity contribution in [3.8, 4) is 0 Å². The molecule has 2 fully saturated rings. The maximum absolute atomic E-state index is 5.47. The zero-order valence-corrected chi connectivity index (χ0v) is 11.9.